The normalized spacial score (nSPS) is 10.0. The summed E-state index contributed by atoms with van der Waals surface area (Å²) in [7, 11) is 0. The van der Waals surface area contributed by atoms with Gasteiger partial charge < -0.3 is 0 Å². The van der Waals surface area contributed by atoms with E-state index in [1.54, 1.807) is 0 Å². The lowest BCUT2D eigenvalue weighted by molar-refractivity contribution is -0.119. The molecule has 1 amide bonds. The molecule has 0 unspecified atom stereocenters. The second kappa shape index (κ2) is 4.65. The van der Waals surface area contributed by atoms with Crippen molar-refractivity contribution >= 4 is 11.6 Å². The van der Waals surface area contributed by atoms with Crippen molar-refractivity contribution in [2.75, 3.05) is 5.01 Å². The lowest BCUT2D eigenvalue weighted by atomic mass is 10.2. The number of carbonyl (C=O) groups is 1. The first-order chi connectivity index (χ1) is 6.61. The first-order valence-electron chi connectivity index (χ1n) is 4.72. The number of nitrogens with zero attached hydrogens (tertiary/aromatic N) is 1. The summed E-state index contributed by atoms with van der Waals surface area (Å²) >= 11 is 0. The van der Waals surface area contributed by atoms with E-state index >= 15 is 0 Å². The fourth-order valence-corrected chi connectivity index (χ4v) is 1.25. The van der Waals surface area contributed by atoms with E-state index in [2.05, 4.69) is 5.43 Å². The number of hydrogen-bond acceptors (Lipinski definition) is 2. The van der Waals surface area contributed by atoms with Crippen LogP contribution in [0.4, 0.5) is 5.69 Å². The Hall–Kier alpha value is -1.51. The molecule has 1 rings (SSSR count). The minimum absolute atomic E-state index is 0.0532. The molecule has 14 heavy (non-hydrogen) atoms. The highest BCUT2D eigenvalue weighted by atomic mass is 16.2. The molecule has 0 spiro atoms. The van der Waals surface area contributed by atoms with Crippen LogP contribution in [-0.2, 0) is 4.79 Å². The van der Waals surface area contributed by atoms with Crippen LogP contribution in [0.5, 0.6) is 0 Å². The third-order valence-corrected chi connectivity index (χ3v) is 1.83. The SMILES string of the molecule is CC(=O)NN(c1ccccc1)C(C)C. The van der Waals surface area contributed by atoms with Gasteiger partial charge in [0, 0.05) is 13.0 Å². The molecule has 0 heterocycles. The van der Waals surface area contributed by atoms with Crippen molar-refractivity contribution in [3.63, 3.8) is 0 Å². The summed E-state index contributed by atoms with van der Waals surface area (Å²) in [4.78, 5) is 11.0. The van der Waals surface area contributed by atoms with E-state index in [-0.39, 0.29) is 11.9 Å². The van der Waals surface area contributed by atoms with Gasteiger partial charge in [-0.25, -0.2) is 0 Å². The quantitative estimate of drug-likeness (QED) is 0.742. The monoisotopic (exact) mass is 192 g/mol. The van der Waals surface area contributed by atoms with Crippen LogP contribution in [0.1, 0.15) is 20.8 Å². The maximum Gasteiger partial charge on any atom is 0.235 e. The molecule has 0 aliphatic heterocycles. The Morgan fingerprint density at radius 1 is 1.29 bits per heavy atom. The Bertz CT molecular complexity index is 295. The van der Waals surface area contributed by atoms with E-state index in [0.29, 0.717) is 0 Å². The van der Waals surface area contributed by atoms with Crippen molar-refractivity contribution in [3.05, 3.63) is 30.3 Å². The molecule has 0 aliphatic carbocycles. The van der Waals surface area contributed by atoms with Gasteiger partial charge >= 0.3 is 0 Å². The fraction of sp³-hybridized carbons (Fsp3) is 0.364. The molecule has 1 aromatic carbocycles. The van der Waals surface area contributed by atoms with Gasteiger partial charge in [0.15, 0.2) is 0 Å². The van der Waals surface area contributed by atoms with Gasteiger partial charge in [0.05, 0.1) is 5.69 Å². The number of benzene rings is 1. The summed E-state index contributed by atoms with van der Waals surface area (Å²) < 4.78 is 0. The number of para-hydroxylation sites is 1. The van der Waals surface area contributed by atoms with Gasteiger partial charge in [-0.3, -0.25) is 15.2 Å². The van der Waals surface area contributed by atoms with E-state index in [0.717, 1.165) is 5.69 Å². The van der Waals surface area contributed by atoms with Crippen LogP contribution < -0.4 is 10.4 Å². The van der Waals surface area contributed by atoms with Crippen molar-refractivity contribution in [3.8, 4) is 0 Å². The summed E-state index contributed by atoms with van der Waals surface area (Å²) in [5, 5.41) is 1.85. The molecule has 0 bridgehead atoms. The van der Waals surface area contributed by atoms with Crippen LogP contribution >= 0.6 is 0 Å². The Balaban J connectivity index is 2.83. The molecule has 1 aromatic rings. The first-order valence-corrected chi connectivity index (χ1v) is 4.72. The first kappa shape index (κ1) is 10.6. The summed E-state index contributed by atoms with van der Waals surface area (Å²) in [6.07, 6.45) is 0. The lowest BCUT2D eigenvalue weighted by Crippen LogP contribution is -2.45. The molecule has 0 fully saturated rings. The molecule has 0 saturated carbocycles. The van der Waals surface area contributed by atoms with Gasteiger partial charge in [-0.05, 0) is 26.0 Å². The maximum atomic E-state index is 11.0. The number of hydrazine groups is 1. The highest BCUT2D eigenvalue weighted by molar-refractivity contribution is 5.75. The molecular formula is C11H16N2O. The Labute approximate surface area is 84.7 Å². The average molecular weight is 192 g/mol. The highest BCUT2D eigenvalue weighted by Gasteiger charge is 2.10. The third-order valence-electron chi connectivity index (χ3n) is 1.83. The lowest BCUT2D eigenvalue weighted by Gasteiger charge is -2.28. The summed E-state index contributed by atoms with van der Waals surface area (Å²) in [5.74, 6) is -0.0532. The molecule has 0 aliphatic rings. The minimum Gasteiger partial charge on any atom is -0.283 e. The number of rotatable bonds is 3. The Morgan fingerprint density at radius 2 is 1.86 bits per heavy atom. The second-order valence-corrected chi connectivity index (χ2v) is 3.47. The minimum atomic E-state index is -0.0532. The molecule has 0 aromatic heterocycles. The van der Waals surface area contributed by atoms with Gasteiger partial charge in [-0.2, -0.15) is 0 Å². The molecule has 76 valence electrons. The van der Waals surface area contributed by atoms with E-state index in [9.17, 15) is 4.79 Å². The van der Waals surface area contributed by atoms with Crippen LogP contribution in [0, 0.1) is 0 Å². The zero-order chi connectivity index (χ0) is 10.6. The van der Waals surface area contributed by atoms with E-state index in [1.165, 1.54) is 6.92 Å². The van der Waals surface area contributed by atoms with Gasteiger partial charge in [-0.1, -0.05) is 18.2 Å². The number of amides is 1. The van der Waals surface area contributed by atoms with Crippen LogP contribution in [0.2, 0.25) is 0 Å². The summed E-state index contributed by atoms with van der Waals surface area (Å²) in [6, 6.07) is 10.0. The average Bonchev–Trinajstić information content (AvgIpc) is 2.15. The molecule has 0 saturated heterocycles. The van der Waals surface area contributed by atoms with E-state index in [4.69, 9.17) is 0 Å². The third kappa shape index (κ3) is 2.76. The molecule has 0 atom stereocenters. The van der Waals surface area contributed by atoms with Crippen molar-refractivity contribution in [1.29, 1.82) is 0 Å². The molecule has 0 radical (unpaired) electrons. The number of anilines is 1. The van der Waals surface area contributed by atoms with Gasteiger partial charge in [0.2, 0.25) is 5.91 Å². The van der Waals surface area contributed by atoms with Crippen LogP contribution in [0.15, 0.2) is 30.3 Å². The van der Waals surface area contributed by atoms with Crippen molar-refractivity contribution in [2.24, 2.45) is 0 Å². The van der Waals surface area contributed by atoms with Crippen LogP contribution in [0.25, 0.3) is 0 Å². The maximum absolute atomic E-state index is 11.0. The van der Waals surface area contributed by atoms with Gasteiger partial charge in [0.25, 0.3) is 0 Å². The smallest absolute Gasteiger partial charge is 0.235 e. The second-order valence-electron chi connectivity index (χ2n) is 3.47. The number of carbonyl (C=O) groups excluding carboxylic acids is 1. The standard InChI is InChI=1S/C11H16N2O/c1-9(2)13(12-10(3)14)11-7-5-4-6-8-11/h4-9H,1-3H3,(H,12,14). The number of hydrogen-bond donors (Lipinski definition) is 1. The zero-order valence-corrected chi connectivity index (χ0v) is 8.82. The van der Waals surface area contributed by atoms with E-state index in [1.807, 2.05) is 49.2 Å². The van der Waals surface area contributed by atoms with Crippen LogP contribution in [0.3, 0.4) is 0 Å². The van der Waals surface area contributed by atoms with Crippen molar-refractivity contribution in [2.45, 2.75) is 26.8 Å². The Morgan fingerprint density at radius 3 is 2.29 bits per heavy atom. The predicted octanol–water partition coefficient (Wildman–Crippen LogP) is 1.95. The van der Waals surface area contributed by atoms with Gasteiger partial charge in [0.1, 0.15) is 0 Å². The Kier molecular flexibility index (Phi) is 3.51. The molecule has 3 heteroatoms. The molecule has 3 nitrogen and oxygen atoms in total. The summed E-state index contributed by atoms with van der Waals surface area (Å²) in [5.41, 5.74) is 3.79. The molecular weight excluding hydrogens is 176 g/mol. The van der Waals surface area contributed by atoms with Gasteiger partial charge in [-0.15, -0.1) is 0 Å². The number of nitrogens with one attached hydrogen (secondary N) is 1. The predicted molar refractivity (Wildman–Crippen MR) is 57.9 cm³/mol. The fourth-order valence-electron chi connectivity index (χ4n) is 1.25. The topological polar surface area (TPSA) is 32.3 Å². The van der Waals surface area contributed by atoms with Crippen LogP contribution in [-0.4, -0.2) is 11.9 Å². The largest absolute Gasteiger partial charge is 0.283 e. The molecule has 1 N–H and O–H groups in total. The summed E-state index contributed by atoms with van der Waals surface area (Å²) in [6.45, 7) is 5.57. The van der Waals surface area contributed by atoms with Crippen molar-refractivity contribution < 1.29 is 4.79 Å². The zero-order valence-electron chi connectivity index (χ0n) is 8.82. The van der Waals surface area contributed by atoms with E-state index < -0.39 is 0 Å². The highest BCUT2D eigenvalue weighted by Crippen LogP contribution is 2.13. The van der Waals surface area contributed by atoms with Crippen molar-refractivity contribution in [1.82, 2.24) is 5.43 Å².